The van der Waals surface area contributed by atoms with Crippen molar-refractivity contribution in [1.82, 2.24) is 9.78 Å². The standard InChI is InChI=1S/C20H17Br2F3N4O4/c1-31-12-4-3-9(7-13(12)32-2)26-19(30)17-16(22)18-27-10(11-5-6-15(21)33-11)8-14(20(23,24)25)29(18)28-17/h3-7,10,14,27H,8H2,1-2H3,(H,26,30)/t10-,14-/m0/s1. The Morgan fingerprint density at radius 3 is 2.55 bits per heavy atom. The van der Waals surface area contributed by atoms with Gasteiger partial charge in [-0.05, 0) is 56.1 Å². The lowest BCUT2D eigenvalue weighted by atomic mass is 10.0. The highest BCUT2D eigenvalue weighted by atomic mass is 79.9. The van der Waals surface area contributed by atoms with E-state index < -0.39 is 24.2 Å². The fourth-order valence-electron chi connectivity index (χ4n) is 3.54. The molecule has 0 aliphatic carbocycles. The summed E-state index contributed by atoms with van der Waals surface area (Å²) in [5, 5.41) is 9.60. The molecule has 2 atom stereocenters. The average Bonchev–Trinajstić information content (AvgIpc) is 3.35. The van der Waals surface area contributed by atoms with Crippen molar-refractivity contribution in [2.24, 2.45) is 0 Å². The van der Waals surface area contributed by atoms with Crippen molar-refractivity contribution in [1.29, 1.82) is 0 Å². The van der Waals surface area contributed by atoms with Crippen LogP contribution in [0.5, 0.6) is 11.5 Å². The number of nitrogens with one attached hydrogen (secondary N) is 2. The van der Waals surface area contributed by atoms with Gasteiger partial charge in [-0.25, -0.2) is 4.68 Å². The maximum atomic E-state index is 13.9. The fourth-order valence-corrected chi connectivity index (χ4v) is 4.42. The minimum absolute atomic E-state index is 0.0264. The van der Waals surface area contributed by atoms with E-state index in [2.05, 4.69) is 47.6 Å². The van der Waals surface area contributed by atoms with Crippen LogP contribution in [0.1, 0.15) is 34.8 Å². The normalized spacial score (nSPS) is 17.8. The average molecular weight is 594 g/mol. The summed E-state index contributed by atoms with van der Waals surface area (Å²) < 4.78 is 58.8. The van der Waals surface area contributed by atoms with E-state index in [0.717, 1.165) is 4.68 Å². The number of carbonyl (C=O) groups excluding carboxylic acids is 1. The molecule has 0 unspecified atom stereocenters. The molecule has 4 rings (SSSR count). The van der Waals surface area contributed by atoms with Gasteiger partial charge >= 0.3 is 6.18 Å². The van der Waals surface area contributed by atoms with Gasteiger partial charge in [0.05, 0.1) is 24.7 Å². The maximum Gasteiger partial charge on any atom is 0.410 e. The van der Waals surface area contributed by atoms with Crippen molar-refractivity contribution in [3.05, 3.63) is 50.9 Å². The van der Waals surface area contributed by atoms with Gasteiger partial charge in [-0.1, -0.05) is 0 Å². The highest BCUT2D eigenvalue weighted by Gasteiger charge is 2.48. The van der Waals surface area contributed by atoms with Crippen LogP contribution in [0.2, 0.25) is 0 Å². The van der Waals surface area contributed by atoms with Crippen LogP contribution in [0.25, 0.3) is 0 Å². The van der Waals surface area contributed by atoms with Crippen LogP contribution in [-0.2, 0) is 0 Å². The van der Waals surface area contributed by atoms with Gasteiger partial charge < -0.3 is 24.5 Å². The van der Waals surface area contributed by atoms with Crippen molar-refractivity contribution in [3.8, 4) is 11.5 Å². The second kappa shape index (κ2) is 8.93. The molecule has 0 spiro atoms. The Labute approximate surface area is 202 Å². The lowest BCUT2D eigenvalue weighted by Crippen LogP contribution is -2.35. The van der Waals surface area contributed by atoms with Crippen LogP contribution in [-0.4, -0.2) is 36.1 Å². The van der Waals surface area contributed by atoms with Crippen molar-refractivity contribution >= 4 is 49.3 Å². The van der Waals surface area contributed by atoms with Gasteiger partial charge in [0.1, 0.15) is 11.6 Å². The number of furan rings is 1. The number of fused-ring (bicyclic) bond motifs is 1. The third kappa shape index (κ3) is 4.56. The smallest absolute Gasteiger partial charge is 0.410 e. The molecule has 1 aliphatic heterocycles. The molecule has 3 aromatic rings. The Hall–Kier alpha value is -2.67. The summed E-state index contributed by atoms with van der Waals surface area (Å²) in [5.74, 6) is 0.494. The summed E-state index contributed by atoms with van der Waals surface area (Å²) in [4.78, 5) is 12.9. The summed E-state index contributed by atoms with van der Waals surface area (Å²) >= 11 is 6.40. The number of aromatic nitrogens is 2. The number of nitrogens with zero attached hydrogens (tertiary/aromatic N) is 2. The number of alkyl halides is 3. The van der Waals surface area contributed by atoms with E-state index in [-0.39, 0.29) is 22.4 Å². The number of ether oxygens (including phenoxy) is 2. The Bertz CT molecular complexity index is 1190. The van der Waals surface area contributed by atoms with Crippen LogP contribution < -0.4 is 20.1 Å². The lowest BCUT2D eigenvalue weighted by molar-refractivity contribution is -0.174. The van der Waals surface area contributed by atoms with Crippen LogP contribution in [0.15, 0.2) is 43.9 Å². The minimum atomic E-state index is -4.60. The molecular weight excluding hydrogens is 577 g/mol. The molecule has 8 nitrogen and oxygen atoms in total. The molecule has 0 fully saturated rings. The fraction of sp³-hybridized carbons (Fsp3) is 0.300. The molecule has 1 aliphatic rings. The quantitative estimate of drug-likeness (QED) is 0.381. The van der Waals surface area contributed by atoms with Gasteiger partial charge in [0.2, 0.25) is 0 Å². The molecule has 1 aromatic carbocycles. The van der Waals surface area contributed by atoms with Crippen molar-refractivity contribution in [3.63, 3.8) is 0 Å². The van der Waals surface area contributed by atoms with Crippen molar-refractivity contribution in [2.75, 3.05) is 24.9 Å². The zero-order valence-electron chi connectivity index (χ0n) is 17.2. The van der Waals surface area contributed by atoms with Crippen LogP contribution in [0, 0.1) is 0 Å². The molecule has 13 heteroatoms. The Morgan fingerprint density at radius 1 is 1.21 bits per heavy atom. The van der Waals surface area contributed by atoms with Crippen LogP contribution in [0.4, 0.5) is 24.7 Å². The second-order valence-corrected chi connectivity index (χ2v) is 8.69. The van der Waals surface area contributed by atoms with Gasteiger partial charge in [-0.3, -0.25) is 4.79 Å². The highest BCUT2D eigenvalue weighted by Crippen LogP contribution is 2.46. The summed E-state index contributed by atoms with van der Waals surface area (Å²) in [5.41, 5.74) is 0.150. The zero-order valence-corrected chi connectivity index (χ0v) is 20.3. The number of halogens is 5. The topological polar surface area (TPSA) is 90.5 Å². The van der Waals surface area contributed by atoms with E-state index >= 15 is 0 Å². The number of benzene rings is 1. The molecule has 0 bridgehead atoms. The minimum Gasteiger partial charge on any atom is -0.493 e. The molecule has 0 saturated carbocycles. The predicted molar refractivity (Wildman–Crippen MR) is 120 cm³/mol. The van der Waals surface area contributed by atoms with Gasteiger partial charge in [0.25, 0.3) is 5.91 Å². The van der Waals surface area contributed by atoms with E-state index in [1.165, 1.54) is 20.3 Å². The second-order valence-electron chi connectivity index (χ2n) is 7.11. The molecule has 2 aromatic heterocycles. The number of rotatable bonds is 5. The Morgan fingerprint density at radius 2 is 1.94 bits per heavy atom. The first-order valence-corrected chi connectivity index (χ1v) is 11.1. The largest absolute Gasteiger partial charge is 0.493 e. The van der Waals surface area contributed by atoms with E-state index in [1.807, 2.05) is 0 Å². The first kappa shape index (κ1) is 23.5. The van der Waals surface area contributed by atoms with Gasteiger partial charge in [0.15, 0.2) is 27.9 Å². The van der Waals surface area contributed by atoms with Gasteiger partial charge in [0, 0.05) is 18.2 Å². The number of anilines is 2. The zero-order chi connectivity index (χ0) is 23.9. The highest BCUT2D eigenvalue weighted by molar-refractivity contribution is 9.10. The van der Waals surface area contributed by atoms with Crippen LogP contribution >= 0.6 is 31.9 Å². The summed E-state index contributed by atoms with van der Waals surface area (Å²) in [7, 11) is 2.92. The van der Waals surface area contributed by atoms with Crippen LogP contribution in [0.3, 0.4) is 0 Å². The van der Waals surface area contributed by atoms with Gasteiger partial charge in [-0.15, -0.1) is 0 Å². The number of amides is 1. The molecule has 0 saturated heterocycles. The van der Waals surface area contributed by atoms with E-state index in [9.17, 15) is 18.0 Å². The molecule has 3 heterocycles. The molecule has 0 radical (unpaired) electrons. The lowest BCUT2D eigenvalue weighted by Gasteiger charge is -2.32. The molecule has 1 amide bonds. The third-order valence-corrected chi connectivity index (χ3v) is 6.27. The van der Waals surface area contributed by atoms with E-state index in [4.69, 9.17) is 13.9 Å². The van der Waals surface area contributed by atoms with E-state index in [0.29, 0.717) is 27.6 Å². The van der Waals surface area contributed by atoms with Crippen molar-refractivity contribution in [2.45, 2.75) is 24.7 Å². The van der Waals surface area contributed by atoms with Gasteiger partial charge in [-0.2, -0.15) is 18.3 Å². The SMILES string of the molecule is COc1ccc(NC(=O)c2nn3c(c2Br)N[C@H](c2ccc(Br)o2)C[C@H]3C(F)(F)F)cc1OC. The molecular formula is C20H17Br2F3N4O4. The van der Waals surface area contributed by atoms with E-state index in [1.54, 1.807) is 24.3 Å². The number of hydrogen-bond acceptors (Lipinski definition) is 6. The van der Waals surface area contributed by atoms with Crippen molar-refractivity contribution < 1.29 is 31.9 Å². The first-order chi connectivity index (χ1) is 15.6. The summed E-state index contributed by atoms with van der Waals surface area (Å²) in [6, 6.07) is 5.15. The third-order valence-electron chi connectivity index (χ3n) is 5.09. The predicted octanol–water partition coefficient (Wildman–Crippen LogP) is 5.93. The summed E-state index contributed by atoms with van der Waals surface area (Å²) in [6.07, 6.45) is -4.96. The summed E-state index contributed by atoms with van der Waals surface area (Å²) in [6.45, 7) is 0. The molecule has 2 N–H and O–H groups in total. The monoisotopic (exact) mass is 592 g/mol. The first-order valence-electron chi connectivity index (χ1n) is 9.52. The molecule has 33 heavy (non-hydrogen) atoms. The number of methoxy groups -OCH3 is 2. The number of hydrogen-bond donors (Lipinski definition) is 2. The Kier molecular flexibility index (Phi) is 6.36. The number of carbonyl (C=O) groups is 1. The Balaban J connectivity index is 1.67. The maximum absolute atomic E-state index is 13.9. The molecule has 176 valence electrons.